The molecule has 1 unspecified atom stereocenters. The molecule has 1 N–H and O–H groups in total. The lowest BCUT2D eigenvalue weighted by Crippen LogP contribution is -2.11. The average Bonchev–Trinajstić information content (AvgIpc) is 2.44. The number of nitrogens with one attached hydrogen (secondary N) is 1. The zero-order valence-electron chi connectivity index (χ0n) is 11.6. The summed E-state index contributed by atoms with van der Waals surface area (Å²) in [6, 6.07) is 8.49. The van der Waals surface area contributed by atoms with Gasteiger partial charge in [0.2, 0.25) is 0 Å². The number of carbonyl (C=O) groups excluding carboxylic acids is 1. The molecule has 1 rings (SSSR count). The van der Waals surface area contributed by atoms with Crippen molar-refractivity contribution in [2.75, 3.05) is 13.7 Å². The molecule has 0 aliphatic heterocycles. The maximum Gasteiger partial charge on any atom is 0.305 e. The first-order valence-electron chi connectivity index (χ1n) is 6.38. The molecule has 0 aliphatic carbocycles. The Morgan fingerprint density at radius 2 is 2.05 bits per heavy atom. The standard InChI is InChI=1S/C14H21NO2S2/c1-4-14(16)17-10-11(2)18-19-13-7-5-12(6-8-13)9-15-3/h5-8,11,15H,4,9-10H2,1-3H3. The van der Waals surface area contributed by atoms with Crippen LogP contribution in [0, 0.1) is 0 Å². The number of hydrogen-bond donors (Lipinski definition) is 1. The van der Waals surface area contributed by atoms with Crippen LogP contribution in [-0.4, -0.2) is 24.9 Å². The van der Waals surface area contributed by atoms with E-state index in [0.29, 0.717) is 13.0 Å². The molecule has 1 aromatic rings. The van der Waals surface area contributed by atoms with Crippen LogP contribution in [0.5, 0.6) is 0 Å². The molecule has 19 heavy (non-hydrogen) atoms. The van der Waals surface area contributed by atoms with E-state index in [1.165, 1.54) is 10.5 Å². The Kier molecular flexibility index (Phi) is 8.02. The van der Waals surface area contributed by atoms with Gasteiger partial charge >= 0.3 is 5.97 Å². The number of esters is 1. The van der Waals surface area contributed by atoms with Gasteiger partial charge in [-0.25, -0.2) is 0 Å². The summed E-state index contributed by atoms with van der Waals surface area (Å²) in [7, 11) is 5.39. The van der Waals surface area contributed by atoms with E-state index < -0.39 is 0 Å². The van der Waals surface area contributed by atoms with Gasteiger partial charge in [0.05, 0.1) is 0 Å². The first-order chi connectivity index (χ1) is 9.15. The Morgan fingerprint density at radius 3 is 2.63 bits per heavy atom. The highest BCUT2D eigenvalue weighted by atomic mass is 33.1. The Morgan fingerprint density at radius 1 is 1.37 bits per heavy atom. The minimum Gasteiger partial charge on any atom is -0.464 e. The number of hydrogen-bond acceptors (Lipinski definition) is 5. The third-order valence-corrected chi connectivity index (χ3v) is 5.26. The summed E-state index contributed by atoms with van der Waals surface area (Å²) in [4.78, 5) is 12.3. The lowest BCUT2D eigenvalue weighted by molar-refractivity contribution is -0.143. The van der Waals surface area contributed by atoms with Gasteiger partial charge in [0.1, 0.15) is 6.61 Å². The fraction of sp³-hybridized carbons (Fsp3) is 0.500. The van der Waals surface area contributed by atoms with E-state index in [2.05, 4.69) is 36.5 Å². The topological polar surface area (TPSA) is 38.3 Å². The molecule has 0 amide bonds. The van der Waals surface area contributed by atoms with E-state index in [1.807, 2.05) is 14.0 Å². The fourth-order valence-electron chi connectivity index (χ4n) is 1.34. The highest BCUT2D eigenvalue weighted by molar-refractivity contribution is 8.76. The smallest absolute Gasteiger partial charge is 0.305 e. The number of benzene rings is 1. The Hall–Kier alpha value is -0.650. The van der Waals surface area contributed by atoms with Crippen molar-refractivity contribution in [3.63, 3.8) is 0 Å². The third kappa shape index (κ3) is 6.89. The van der Waals surface area contributed by atoms with E-state index in [-0.39, 0.29) is 11.2 Å². The van der Waals surface area contributed by atoms with Crippen LogP contribution < -0.4 is 5.32 Å². The minimum absolute atomic E-state index is 0.131. The first kappa shape index (κ1) is 16.4. The molecule has 0 aromatic heterocycles. The summed E-state index contributed by atoms with van der Waals surface area (Å²) in [6.07, 6.45) is 0.442. The van der Waals surface area contributed by atoms with Crippen molar-refractivity contribution in [2.45, 2.75) is 37.0 Å². The molecule has 5 heteroatoms. The number of carbonyl (C=O) groups is 1. The van der Waals surface area contributed by atoms with E-state index in [1.54, 1.807) is 21.6 Å². The lowest BCUT2D eigenvalue weighted by atomic mass is 10.2. The molecule has 0 saturated carbocycles. The maximum atomic E-state index is 11.0. The first-order valence-corrected chi connectivity index (χ1v) is 8.59. The van der Waals surface area contributed by atoms with Crippen molar-refractivity contribution >= 4 is 27.6 Å². The predicted octanol–water partition coefficient (Wildman–Crippen LogP) is 3.49. The summed E-state index contributed by atoms with van der Waals surface area (Å²) < 4.78 is 5.11. The summed E-state index contributed by atoms with van der Waals surface area (Å²) in [5.74, 6) is -0.131. The lowest BCUT2D eigenvalue weighted by Gasteiger charge is -2.11. The van der Waals surface area contributed by atoms with Crippen LogP contribution in [0.25, 0.3) is 0 Å². The van der Waals surface area contributed by atoms with E-state index >= 15 is 0 Å². The Labute approximate surface area is 123 Å². The van der Waals surface area contributed by atoms with E-state index in [4.69, 9.17) is 4.74 Å². The molecule has 0 bridgehead atoms. The van der Waals surface area contributed by atoms with Gasteiger partial charge in [-0.1, -0.05) is 40.6 Å². The van der Waals surface area contributed by atoms with Crippen LogP contribution in [0.2, 0.25) is 0 Å². The third-order valence-electron chi connectivity index (χ3n) is 2.38. The molecule has 0 heterocycles. The monoisotopic (exact) mass is 299 g/mol. The van der Waals surface area contributed by atoms with Gasteiger partial charge in [0.25, 0.3) is 0 Å². The van der Waals surface area contributed by atoms with Crippen LogP contribution in [0.1, 0.15) is 25.8 Å². The van der Waals surface area contributed by atoms with Crippen molar-refractivity contribution < 1.29 is 9.53 Å². The van der Waals surface area contributed by atoms with E-state index in [0.717, 1.165) is 6.54 Å². The largest absolute Gasteiger partial charge is 0.464 e. The summed E-state index contributed by atoms with van der Waals surface area (Å²) in [5.41, 5.74) is 1.28. The molecular weight excluding hydrogens is 278 g/mol. The van der Waals surface area contributed by atoms with Crippen molar-refractivity contribution in [3.05, 3.63) is 29.8 Å². The molecule has 1 aromatic carbocycles. The number of ether oxygens (including phenoxy) is 1. The quantitative estimate of drug-likeness (QED) is 0.587. The molecule has 0 aliphatic rings. The SMILES string of the molecule is CCC(=O)OCC(C)SSc1ccc(CNC)cc1. The van der Waals surface area contributed by atoms with Crippen molar-refractivity contribution in [1.29, 1.82) is 0 Å². The van der Waals surface area contributed by atoms with Gasteiger partial charge in [-0.05, 0) is 31.7 Å². The molecular formula is C14H21NO2S2. The van der Waals surface area contributed by atoms with Crippen LogP contribution >= 0.6 is 21.6 Å². The van der Waals surface area contributed by atoms with Crippen LogP contribution in [0.3, 0.4) is 0 Å². The highest BCUT2D eigenvalue weighted by Crippen LogP contribution is 2.34. The number of rotatable bonds is 8. The second-order valence-electron chi connectivity index (χ2n) is 4.20. The molecule has 106 valence electrons. The van der Waals surface area contributed by atoms with Gasteiger partial charge in [-0.15, -0.1) is 0 Å². The average molecular weight is 299 g/mol. The summed E-state index contributed by atoms with van der Waals surface area (Å²) in [6.45, 7) is 5.24. The normalized spacial score (nSPS) is 12.2. The van der Waals surface area contributed by atoms with Gasteiger partial charge in [-0.2, -0.15) is 0 Å². The Bertz CT molecular complexity index is 382. The van der Waals surface area contributed by atoms with E-state index in [9.17, 15) is 4.79 Å². The van der Waals surface area contributed by atoms with Crippen LogP contribution in [0.4, 0.5) is 0 Å². The molecule has 0 radical (unpaired) electrons. The molecule has 0 saturated heterocycles. The molecule has 3 nitrogen and oxygen atoms in total. The summed E-state index contributed by atoms with van der Waals surface area (Å²) in [5, 5.41) is 3.42. The van der Waals surface area contributed by atoms with Gasteiger partial charge in [0.15, 0.2) is 0 Å². The second kappa shape index (κ2) is 9.28. The summed E-state index contributed by atoms with van der Waals surface area (Å²) >= 11 is 0. The fourth-order valence-corrected chi connectivity index (χ4v) is 3.32. The van der Waals surface area contributed by atoms with Crippen molar-refractivity contribution in [3.8, 4) is 0 Å². The molecule has 1 atom stereocenters. The van der Waals surface area contributed by atoms with Crippen molar-refractivity contribution in [1.82, 2.24) is 5.32 Å². The second-order valence-corrected chi connectivity index (χ2v) is 6.91. The van der Waals surface area contributed by atoms with Crippen LogP contribution in [-0.2, 0) is 16.1 Å². The van der Waals surface area contributed by atoms with Gasteiger partial charge in [0, 0.05) is 23.1 Å². The molecule has 0 fully saturated rings. The van der Waals surface area contributed by atoms with Crippen LogP contribution in [0.15, 0.2) is 29.2 Å². The maximum absolute atomic E-state index is 11.0. The minimum atomic E-state index is -0.131. The Balaban J connectivity index is 2.29. The van der Waals surface area contributed by atoms with Gasteiger partial charge in [-0.3, -0.25) is 4.79 Å². The zero-order chi connectivity index (χ0) is 14.1. The highest BCUT2D eigenvalue weighted by Gasteiger charge is 2.07. The predicted molar refractivity (Wildman–Crippen MR) is 83.4 cm³/mol. The van der Waals surface area contributed by atoms with Gasteiger partial charge < -0.3 is 10.1 Å². The van der Waals surface area contributed by atoms with Crippen molar-refractivity contribution in [2.24, 2.45) is 0 Å². The molecule has 0 spiro atoms. The zero-order valence-corrected chi connectivity index (χ0v) is 13.3.